The van der Waals surface area contributed by atoms with Crippen molar-refractivity contribution in [3.05, 3.63) is 35.4 Å². The molecule has 0 spiro atoms. The number of aliphatic imine (C=N–C) groups is 1. The Balaban J connectivity index is 0.00000312. The maximum atomic E-state index is 9.46. The van der Waals surface area contributed by atoms with Crippen molar-refractivity contribution < 1.29 is 5.11 Å². The van der Waals surface area contributed by atoms with Crippen LogP contribution >= 0.6 is 24.0 Å². The molecule has 0 aromatic heterocycles. The van der Waals surface area contributed by atoms with Crippen molar-refractivity contribution in [3.8, 4) is 0 Å². The highest BCUT2D eigenvalue weighted by Crippen LogP contribution is 2.38. The maximum absolute atomic E-state index is 9.46. The van der Waals surface area contributed by atoms with Crippen molar-refractivity contribution in [1.29, 1.82) is 0 Å². The number of aryl methyl sites for hydroxylation is 1. The van der Waals surface area contributed by atoms with Crippen LogP contribution in [0.3, 0.4) is 0 Å². The summed E-state index contributed by atoms with van der Waals surface area (Å²) in [4.78, 5) is 4.73. The summed E-state index contributed by atoms with van der Waals surface area (Å²) in [5.74, 6) is 0.877. The molecule has 3 N–H and O–H groups in total. The van der Waals surface area contributed by atoms with Crippen molar-refractivity contribution in [2.75, 3.05) is 19.7 Å². The third-order valence-electron chi connectivity index (χ3n) is 5.03. The van der Waals surface area contributed by atoms with Crippen LogP contribution in [0.15, 0.2) is 29.3 Å². The lowest BCUT2D eigenvalue weighted by Gasteiger charge is -2.37. The van der Waals surface area contributed by atoms with Crippen LogP contribution in [0, 0.1) is 12.3 Å². The summed E-state index contributed by atoms with van der Waals surface area (Å²) < 4.78 is 0. The van der Waals surface area contributed by atoms with Gasteiger partial charge in [-0.25, -0.2) is 4.99 Å². The highest BCUT2D eigenvalue weighted by atomic mass is 127. The molecular weight excluding hydrogens is 425 g/mol. The predicted octanol–water partition coefficient (Wildman–Crippen LogP) is 4.00. The van der Waals surface area contributed by atoms with Gasteiger partial charge in [0.1, 0.15) is 0 Å². The van der Waals surface area contributed by atoms with Crippen LogP contribution < -0.4 is 10.6 Å². The summed E-state index contributed by atoms with van der Waals surface area (Å²) in [6.45, 7) is 6.91. The van der Waals surface area contributed by atoms with Gasteiger partial charge < -0.3 is 15.7 Å². The zero-order valence-electron chi connectivity index (χ0n) is 15.7. The fourth-order valence-electron chi connectivity index (χ4n) is 3.65. The van der Waals surface area contributed by atoms with Gasteiger partial charge in [0.05, 0.1) is 6.54 Å². The van der Waals surface area contributed by atoms with E-state index < -0.39 is 0 Å². The third-order valence-corrected chi connectivity index (χ3v) is 5.03. The van der Waals surface area contributed by atoms with Gasteiger partial charge in [-0.2, -0.15) is 0 Å². The standard InChI is InChI=1S/C20H33N3O.HI/c1-3-21-19(22-15-18-9-7-8-17(2)14-18)23-16-20(12-13-24)10-5-4-6-11-20;/h7-9,14,24H,3-6,10-13,15-16H2,1-2H3,(H2,21,22,23);1H. The Bertz CT molecular complexity index is 522. The number of halogens is 1. The summed E-state index contributed by atoms with van der Waals surface area (Å²) in [6, 6.07) is 8.49. The topological polar surface area (TPSA) is 56.7 Å². The van der Waals surface area contributed by atoms with Gasteiger partial charge in [0, 0.05) is 19.7 Å². The van der Waals surface area contributed by atoms with E-state index in [0.29, 0.717) is 6.54 Å². The number of guanidine groups is 1. The second-order valence-electron chi connectivity index (χ2n) is 7.07. The van der Waals surface area contributed by atoms with Gasteiger partial charge in [0.15, 0.2) is 5.96 Å². The Morgan fingerprint density at radius 2 is 1.96 bits per heavy atom. The van der Waals surface area contributed by atoms with Gasteiger partial charge in [-0.3, -0.25) is 0 Å². The van der Waals surface area contributed by atoms with Crippen LogP contribution in [0.5, 0.6) is 0 Å². The first-order valence-corrected chi connectivity index (χ1v) is 9.36. The van der Waals surface area contributed by atoms with Crippen molar-refractivity contribution in [2.24, 2.45) is 10.4 Å². The molecule has 0 aliphatic heterocycles. The molecular formula is C20H34IN3O. The van der Waals surface area contributed by atoms with Gasteiger partial charge >= 0.3 is 0 Å². The SMILES string of the molecule is CCNC(=NCc1cccc(C)c1)NCC1(CCO)CCCCC1.I. The van der Waals surface area contributed by atoms with E-state index >= 15 is 0 Å². The Morgan fingerprint density at radius 1 is 1.20 bits per heavy atom. The predicted molar refractivity (Wildman–Crippen MR) is 117 cm³/mol. The number of nitrogens with one attached hydrogen (secondary N) is 2. The minimum atomic E-state index is 0. The molecule has 1 fully saturated rings. The third kappa shape index (κ3) is 7.52. The number of rotatable bonds is 7. The van der Waals surface area contributed by atoms with E-state index in [2.05, 4.69) is 48.7 Å². The molecule has 4 nitrogen and oxygen atoms in total. The van der Waals surface area contributed by atoms with Crippen molar-refractivity contribution >= 4 is 29.9 Å². The van der Waals surface area contributed by atoms with E-state index in [-0.39, 0.29) is 36.0 Å². The molecule has 0 atom stereocenters. The highest BCUT2D eigenvalue weighted by Gasteiger charge is 2.31. The summed E-state index contributed by atoms with van der Waals surface area (Å²) in [5, 5.41) is 16.3. The summed E-state index contributed by atoms with van der Waals surface area (Å²) in [5.41, 5.74) is 2.73. The lowest BCUT2D eigenvalue weighted by molar-refractivity contribution is 0.131. The first-order valence-electron chi connectivity index (χ1n) is 9.36. The average molecular weight is 459 g/mol. The molecule has 5 heteroatoms. The molecule has 0 saturated heterocycles. The van der Waals surface area contributed by atoms with Crippen LogP contribution in [0.25, 0.3) is 0 Å². The number of nitrogens with zero attached hydrogens (tertiary/aromatic N) is 1. The smallest absolute Gasteiger partial charge is 0.191 e. The lowest BCUT2D eigenvalue weighted by atomic mass is 9.72. The van der Waals surface area contributed by atoms with Gasteiger partial charge in [0.2, 0.25) is 0 Å². The number of hydrogen-bond donors (Lipinski definition) is 3. The fourth-order valence-corrected chi connectivity index (χ4v) is 3.65. The van der Waals surface area contributed by atoms with Crippen molar-refractivity contribution in [2.45, 2.75) is 58.9 Å². The second kappa shape index (κ2) is 11.7. The largest absolute Gasteiger partial charge is 0.396 e. The molecule has 1 aliphatic carbocycles. The van der Waals surface area contributed by atoms with Gasteiger partial charge in [-0.05, 0) is 44.1 Å². The molecule has 0 radical (unpaired) electrons. The highest BCUT2D eigenvalue weighted by molar-refractivity contribution is 14.0. The molecule has 0 heterocycles. The van der Waals surface area contributed by atoms with E-state index in [4.69, 9.17) is 4.99 Å². The normalized spacial score (nSPS) is 16.8. The van der Waals surface area contributed by atoms with E-state index in [1.54, 1.807) is 0 Å². The molecule has 0 bridgehead atoms. The quantitative estimate of drug-likeness (QED) is 0.328. The van der Waals surface area contributed by atoms with E-state index in [1.807, 2.05) is 0 Å². The summed E-state index contributed by atoms with van der Waals surface area (Å²) in [6.07, 6.45) is 7.18. The minimum absolute atomic E-state index is 0. The van der Waals surface area contributed by atoms with Crippen LogP contribution in [0.4, 0.5) is 0 Å². The zero-order chi connectivity index (χ0) is 17.3. The molecule has 1 aliphatic rings. The molecule has 0 unspecified atom stereocenters. The number of aliphatic hydroxyl groups is 1. The summed E-state index contributed by atoms with van der Waals surface area (Å²) >= 11 is 0. The Kier molecular flexibility index (Phi) is 10.4. The molecule has 25 heavy (non-hydrogen) atoms. The van der Waals surface area contributed by atoms with Crippen LogP contribution in [-0.2, 0) is 6.54 Å². The molecule has 2 rings (SSSR count). The van der Waals surface area contributed by atoms with Crippen LogP contribution in [-0.4, -0.2) is 30.8 Å². The molecule has 1 aromatic carbocycles. The van der Waals surface area contributed by atoms with E-state index in [1.165, 1.54) is 43.2 Å². The average Bonchev–Trinajstić information content (AvgIpc) is 2.59. The van der Waals surface area contributed by atoms with E-state index in [0.717, 1.165) is 25.5 Å². The number of benzene rings is 1. The van der Waals surface area contributed by atoms with Crippen molar-refractivity contribution in [3.63, 3.8) is 0 Å². The molecule has 142 valence electrons. The fraction of sp³-hybridized carbons (Fsp3) is 0.650. The van der Waals surface area contributed by atoms with Crippen LogP contribution in [0.1, 0.15) is 56.6 Å². The lowest BCUT2D eigenvalue weighted by Crippen LogP contribution is -2.44. The first-order chi connectivity index (χ1) is 11.7. The zero-order valence-corrected chi connectivity index (χ0v) is 18.0. The monoisotopic (exact) mass is 459 g/mol. The Morgan fingerprint density at radius 3 is 2.60 bits per heavy atom. The van der Waals surface area contributed by atoms with Gasteiger partial charge in [-0.1, -0.05) is 49.1 Å². The first kappa shape index (κ1) is 22.2. The van der Waals surface area contributed by atoms with Crippen LogP contribution in [0.2, 0.25) is 0 Å². The van der Waals surface area contributed by atoms with Crippen molar-refractivity contribution in [1.82, 2.24) is 10.6 Å². The summed E-state index contributed by atoms with van der Waals surface area (Å²) in [7, 11) is 0. The Hall–Kier alpha value is -0.820. The Labute approximate surface area is 169 Å². The molecule has 1 aromatic rings. The van der Waals surface area contributed by atoms with Gasteiger partial charge in [-0.15, -0.1) is 24.0 Å². The minimum Gasteiger partial charge on any atom is -0.396 e. The number of aliphatic hydroxyl groups excluding tert-OH is 1. The van der Waals surface area contributed by atoms with Gasteiger partial charge in [0.25, 0.3) is 0 Å². The maximum Gasteiger partial charge on any atom is 0.191 e. The van der Waals surface area contributed by atoms with E-state index in [9.17, 15) is 5.11 Å². The molecule has 1 saturated carbocycles. The number of hydrogen-bond acceptors (Lipinski definition) is 2. The second-order valence-corrected chi connectivity index (χ2v) is 7.07. The molecule has 0 amide bonds.